The van der Waals surface area contributed by atoms with E-state index in [9.17, 15) is 9.59 Å². The van der Waals surface area contributed by atoms with E-state index < -0.39 is 0 Å². The van der Waals surface area contributed by atoms with Crippen LogP contribution in [-0.4, -0.2) is 18.9 Å². The van der Waals surface area contributed by atoms with Gasteiger partial charge in [0.15, 0.2) is 5.65 Å². The Morgan fingerprint density at radius 3 is 2.27 bits per heavy atom. The Balaban J connectivity index is 3.23. The predicted molar refractivity (Wildman–Crippen MR) is 55.9 cm³/mol. The van der Waals surface area contributed by atoms with Gasteiger partial charge in [0.1, 0.15) is 5.39 Å². The third-order valence-corrected chi connectivity index (χ3v) is 2.73. The summed E-state index contributed by atoms with van der Waals surface area (Å²) < 4.78 is 4.08. The number of rotatable bonds is 0. The molecule has 0 atom stereocenters. The zero-order valence-electron chi connectivity index (χ0n) is 9.11. The summed E-state index contributed by atoms with van der Waals surface area (Å²) in [5.74, 6) is 0. The topological polar surface area (TPSA) is 61.8 Å². The fourth-order valence-electron chi connectivity index (χ4n) is 1.65. The van der Waals surface area contributed by atoms with Crippen molar-refractivity contribution in [2.24, 2.45) is 21.1 Å². The number of hydrogen-bond acceptors (Lipinski definition) is 3. The van der Waals surface area contributed by atoms with E-state index >= 15 is 0 Å². The highest BCUT2D eigenvalue weighted by molar-refractivity contribution is 5.76. The van der Waals surface area contributed by atoms with Crippen LogP contribution in [0.3, 0.4) is 0 Å². The summed E-state index contributed by atoms with van der Waals surface area (Å²) in [6, 6.07) is 0. The molecule has 0 amide bonds. The van der Waals surface area contributed by atoms with E-state index in [4.69, 9.17) is 0 Å². The van der Waals surface area contributed by atoms with Gasteiger partial charge in [0.2, 0.25) is 0 Å². The van der Waals surface area contributed by atoms with Crippen molar-refractivity contribution >= 4 is 11.0 Å². The van der Waals surface area contributed by atoms with Crippen molar-refractivity contribution in [3.63, 3.8) is 0 Å². The molecule has 0 N–H and O–H groups in total. The third-order valence-electron chi connectivity index (χ3n) is 2.73. The molecule has 6 nitrogen and oxygen atoms in total. The SMILES string of the molecule is Cc1c2c(=O)n(C)c(=O)n(C)c2nn1C. The summed E-state index contributed by atoms with van der Waals surface area (Å²) >= 11 is 0. The molecule has 0 aliphatic heterocycles. The Bertz CT molecular complexity index is 659. The Kier molecular flexibility index (Phi) is 1.82. The van der Waals surface area contributed by atoms with Crippen LogP contribution in [-0.2, 0) is 21.1 Å². The lowest BCUT2D eigenvalue weighted by molar-refractivity contribution is 0.697. The third kappa shape index (κ3) is 1.07. The van der Waals surface area contributed by atoms with E-state index in [0.29, 0.717) is 11.0 Å². The molecule has 80 valence electrons. The number of fused-ring (bicyclic) bond motifs is 1. The Morgan fingerprint density at radius 1 is 1.07 bits per heavy atom. The van der Waals surface area contributed by atoms with Crippen LogP contribution in [0.5, 0.6) is 0 Å². The van der Waals surface area contributed by atoms with Crippen LogP contribution in [0.4, 0.5) is 0 Å². The molecule has 0 radical (unpaired) electrons. The molecule has 0 fully saturated rings. The lowest BCUT2D eigenvalue weighted by atomic mass is 10.3. The molecule has 0 saturated heterocycles. The van der Waals surface area contributed by atoms with Crippen LogP contribution in [0.2, 0.25) is 0 Å². The van der Waals surface area contributed by atoms with Crippen LogP contribution in [0, 0.1) is 6.92 Å². The molecular formula is C9H12N4O2. The van der Waals surface area contributed by atoms with Gasteiger partial charge in [0, 0.05) is 21.1 Å². The van der Waals surface area contributed by atoms with Crippen molar-refractivity contribution in [3.05, 3.63) is 26.5 Å². The smallest absolute Gasteiger partial charge is 0.279 e. The lowest BCUT2D eigenvalue weighted by Gasteiger charge is -2.01. The van der Waals surface area contributed by atoms with Gasteiger partial charge in [-0.3, -0.25) is 18.6 Å². The molecule has 2 aromatic heterocycles. The van der Waals surface area contributed by atoms with E-state index in [0.717, 1.165) is 10.3 Å². The molecule has 0 bridgehead atoms. The highest BCUT2D eigenvalue weighted by atomic mass is 16.2. The van der Waals surface area contributed by atoms with Gasteiger partial charge < -0.3 is 0 Å². The predicted octanol–water partition coefficient (Wildman–Crippen LogP) is -0.721. The van der Waals surface area contributed by atoms with Gasteiger partial charge in [-0.2, -0.15) is 5.10 Å². The second-order valence-corrected chi connectivity index (χ2v) is 3.61. The molecule has 15 heavy (non-hydrogen) atoms. The van der Waals surface area contributed by atoms with Gasteiger partial charge in [0.25, 0.3) is 5.56 Å². The van der Waals surface area contributed by atoms with Crippen LogP contribution < -0.4 is 11.2 Å². The standard InChI is InChI=1S/C9H12N4O2/c1-5-6-7(10-13(5)4)11(2)9(15)12(3)8(6)14/h1-4H3. The van der Waals surface area contributed by atoms with E-state index in [1.165, 1.54) is 11.6 Å². The number of aryl methyl sites for hydroxylation is 3. The molecule has 0 aliphatic carbocycles. The fraction of sp³-hybridized carbons (Fsp3) is 0.444. The number of nitrogens with zero attached hydrogens (tertiary/aromatic N) is 4. The minimum Gasteiger partial charge on any atom is -0.279 e. The van der Waals surface area contributed by atoms with Gasteiger partial charge in [-0.1, -0.05) is 0 Å². The zero-order valence-corrected chi connectivity index (χ0v) is 9.11. The van der Waals surface area contributed by atoms with Crippen LogP contribution in [0.25, 0.3) is 11.0 Å². The largest absolute Gasteiger partial charge is 0.332 e. The first-order valence-electron chi connectivity index (χ1n) is 4.54. The molecule has 0 saturated carbocycles. The maximum Gasteiger partial charge on any atom is 0.332 e. The van der Waals surface area contributed by atoms with E-state index in [1.807, 2.05) is 0 Å². The molecule has 0 spiro atoms. The normalized spacial score (nSPS) is 11.2. The van der Waals surface area contributed by atoms with Gasteiger partial charge in [-0.05, 0) is 6.92 Å². The molecule has 0 aliphatic rings. The molecule has 2 rings (SSSR count). The Labute approximate surface area is 85.4 Å². The second-order valence-electron chi connectivity index (χ2n) is 3.61. The van der Waals surface area contributed by atoms with Crippen molar-refractivity contribution in [3.8, 4) is 0 Å². The molecular weight excluding hydrogens is 196 g/mol. The lowest BCUT2D eigenvalue weighted by Crippen LogP contribution is -2.36. The Hall–Kier alpha value is -1.85. The van der Waals surface area contributed by atoms with Gasteiger partial charge >= 0.3 is 5.69 Å². The molecule has 0 aromatic carbocycles. The molecule has 2 heterocycles. The average molecular weight is 208 g/mol. The summed E-state index contributed by atoms with van der Waals surface area (Å²) in [7, 11) is 4.83. The first-order valence-corrected chi connectivity index (χ1v) is 4.54. The summed E-state index contributed by atoms with van der Waals surface area (Å²) in [6.07, 6.45) is 0. The molecule has 6 heteroatoms. The minimum absolute atomic E-state index is 0.293. The van der Waals surface area contributed by atoms with Crippen molar-refractivity contribution in [1.82, 2.24) is 18.9 Å². The maximum atomic E-state index is 11.8. The van der Waals surface area contributed by atoms with Gasteiger partial charge in [-0.25, -0.2) is 4.79 Å². The van der Waals surface area contributed by atoms with Gasteiger partial charge in [-0.15, -0.1) is 0 Å². The van der Waals surface area contributed by atoms with Crippen molar-refractivity contribution in [2.75, 3.05) is 0 Å². The van der Waals surface area contributed by atoms with E-state index in [1.54, 1.807) is 25.7 Å². The summed E-state index contributed by atoms with van der Waals surface area (Å²) in [5, 5.41) is 4.64. The fourth-order valence-corrected chi connectivity index (χ4v) is 1.65. The quantitative estimate of drug-likeness (QED) is 0.574. The maximum absolute atomic E-state index is 11.8. The molecule has 2 aromatic rings. The monoisotopic (exact) mass is 208 g/mol. The van der Waals surface area contributed by atoms with Crippen LogP contribution in [0.1, 0.15) is 5.69 Å². The molecule has 0 unspecified atom stereocenters. The summed E-state index contributed by atoms with van der Waals surface area (Å²) in [4.78, 5) is 23.4. The highest BCUT2D eigenvalue weighted by Crippen LogP contribution is 2.09. The minimum atomic E-state index is -0.356. The first-order chi connectivity index (χ1) is 6.95. The van der Waals surface area contributed by atoms with E-state index in [2.05, 4.69) is 5.10 Å². The first kappa shape index (κ1) is 9.70. The summed E-state index contributed by atoms with van der Waals surface area (Å²) in [5.41, 5.74) is 0.550. The zero-order chi connectivity index (χ0) is 11.3. The van der Waals surface area contributed by atoms with Crippen molar-refractivity contribution < 1.29 is 0 Å². The van der Waals surface area contributed by atoms with Crippen molar-refractivity contribution in [1.29, 1.82) is 0 Å². The highest BCUT2D eigenvalue weighted by Gasteiger charge is 2.14. The number of aromatic nitrogens is 4. The Morgan fingerprint density at radius 2 is 1.67 bits per heavy atom. The van der Waals surface area contributed by atoms with E-state index in [-0.39, 0.29) is 11.2 Å². The van der Waals surface area contributed by atoms with Gasteiger partial charge in [0.05, 0.1) is 5.69 Å². The average Bonchev–Trinajstić information content (AvgIpc) is 2.50. The van der Waals surface area contributed by atoms with Crippen LogP contribution in [0.15, 0.2) is 9.59 Å². The number of hydrogen-bond donors (Lipinski definition) is 0. The second kappa shape index (κ2) is 2.82. The van der Waals surface area contributed by atoms with Crippen molar-refractivity contribution in [2.45, 2.75) is 6.92 Å². The van der Waals surface area contributed by atoms with Crippen LogP contribution >= 0.6 is 0 Å². The summed E-state index contributed by atoms with van der Waals surface area (Å²) in [6.45, 7) is 1.81.